The van der Waals surface area contributed by atoms with Crippen LogP contribution in [-0.4, -0.2) is 4.83 Å². The molecule has 1 rings (SSSR count). The predicted octanol–water partition coefficient (Wildman–Crippen LogP) is 3.76. The van der Waals surface area contributed by atoms with E-state index in [-0.39, 0.29) is 4.83 Å². The molecule has 0 nitrogen and oxygen atoms in total. The van der Waals surface area contributed by atoms with Crippen LogP contribution >= 0.6 is 15.9 Å². The first kappa shape index (κ1) is 10.4. The van der Waals surface area contributed by atoms with Crippen molar-refractivity contribution in [2.24, 2.45) is 0 Å². The van der Waals surface area contributed by atoms with E-state index in [4.69, 9.17) is 0 Å². The first-order valence-electron chi connectivity index (χ1n) is 3.87. The molecule has 1 unspecified atom stereocenters. The Morgan fingerprint density at radius 3 is 2.62 bits per heavy atom. The van der Waals surface area contributed by atoms with E-state index in [0.29, 0.717) is 5.56 Å². The van der Waals surface area contributed by atoms with E-state index in [1.165, 1.54) is 12.1 Å². The van der Waals surface area contributed by atoms with Gasteiger partial charge in [-0.05, 0) is 19.1 Å². The van der Waals surface area contributed by atoms with Crippen LogP contribution in [0.3, 0.4) is 0 Å². The average Bonchev–Trinajstić information content (AvgIpc) is 2.02. The number of hydrogen-bond acceptors (Lipinski definition) is 0. The molecule has 0 aromatic heterocycles. The molecule has 0 aliphatic rings. The maximum absolute atomic E-state index is 13.0. The van der Waals surface area contributed by atoms with E-state index >= 15 is 0 Å². The fourth-order valence-corrected chi connectivity index (χ4v) is 1.03. The Morgan fingerprint density at radius 1 is 1.38 bits per heavy atom. The fraction of sp³-hybridized carbons (Fsp3) is 0.200. The molecule has 0 N–H and O–H groups in total. The Hall–Kier alpha value is -0.700. The van der Waals surface area contributed by atoms with Crippen LogP contribution in [0.25, 0.3) is 6.08 Å². The second kappa shape index (κ2) is 4.51. The molecule has 0 aliphatic heterocycles. The van der Waals surface area contributed by atoms with Crippen molar-refractivity contribution in [3.8, 4) is 0 Å². The molecule has 1 aromatic carbocycles. The molecule has 0 spiro atoms. The van der Waals surface area contributed by atoms with E-state index in [0.717, 1.165) is 6.07 Å². The molecule has 70 valence electrons. The lowest BCUT2D eigenvalue weighted by atomic mass is 10.2. The number of allylic oxidation sites excluding steroid dienone is 1. The molecular formula is C10H9BrF2. The molecule has 0 radical (unpaired) electrons. The van der Waals surface area contributed by atoms with Gasteiger partial charge in [-0.1, -0.05) is 28.1 Å². The molecule has 1 atom stereocenters. The van der Waals surface area contributed by atoms with Gasteiger partial charge in [0.2, 0.25) is 0 Å². The van der Waals surface area contributed by atoms with Crippen LogP contribution in [0, 0.1) is 11.6 Å². The maximum Gasteiger partial charge on any atom is 0.133 e. The largest absolute Gasteiger partial charge is 0.207 e. The second-order valence-electron chi connectivity index (χ2n) is 2.70. The van der Waals surface area contributed by atoms with Crippen LogP contribution in [0.5, 0.6) is 0 Å². The summed E-state index contributed by atoms with van der Waals surface area (Å²) in [6, 6.07) is 3.52. The van der Waals surface area contributed by atoms with Crippen molar-refractivity contribution in [1.29, 1.82) is 0 Å². The first-order valence-corrected chi connectivity index (χ1v) is 4.78. The number of benzene rings is 1. The molecule has 0 heterocycles. The number of rotatable bonds is 2. The topological polar surface area (TPSA) is 0 Å². The summed E-state index contributed by atoms with van der Waals surface area (Å²) in [6.45, 7) is 1.91. The summed E-state index contributed by atoms with van der Waals surface area (Å²) >= 11 is 3.29. The number of hydrogen-bond donors (Lipinski definition) is 0. The van der Waals surface area contributed by atoms with Gasteiger partial charge in [0.25, 0.3) is 0 Å². The first-order chi connectivity index (χ1) is 6.09. The van der Waals surface area contributed by atoms with Gasteiger partial charge < -0.3 is 0 Å². The molecule has 0 aliphatic carbocycles. The monoisotopic (exact) mass is 246 g/mol. The molecule has 0 fully saturated rings. The van der Waals surface area contributed by atoms with E-state index in [1.807, 2.05) is 6.92 Å². The third kappa shape index (κ3) is 3.27. The zero-order chi connectivity index (χ0) is 9.84. The quantitative estimate of drug-likeness (QED) is 0.698. The van der Waals surface area contributed by atoms with Crippen molar-refractivity contribution in [3.63, 3.8) is 0 Å². The predicted molar refractivity (Wildman–Crippen MR) is 53.8 cm³/mol. The fourth-order valence-electron chi connectivity index (χ4n) is 0.873. The molecule has 3 heteroatoms. The third-order valence-electron chi connectivity index (χ3n) is 1.50. The molecule has 0 saturated heterocycles. The van der Waals surface area contributed by atoms with Gasteiger partial charge >= 0.3 is 0 Å². The Labute approximate surface area is 84.4 Å². The van der Waals surface area contributed by atoms with Gasteiger partial charge in [-0.3, -0.25) is 0 Å². The minimum Gasteiger partial charge on any atom is -0.207 e. The van der Waals surface area contributed by atoms with Gasteiger partial charge in [-0.25, -0.2) is 8.78 Å². The van der Waals surface area contributed by atoms with Gasteiger partial charge in [0.1, 0.15) is 11.6 Å². The summed E-state index contributed by atoms with van der Waals surface area (Å²) in [4.78, 5) is 0.178. The highest BCUT2D eigenvalue weighted by Gasteiger charge is 1.99. The Kier molecular flexibility index (Phi) is 3.60. The summed E-state index contributed by atoms with van der Waals surface area (Å²) in [6.07, 6.45) is 3.41. The summed E-state index contributed by atoms with van der Waals surface area (Å²) in [5.74, 6) is -1.09. The lowest BCUT2D eigenvalue weighted by Gasteiger charge is -1.97. The van der Waals surface area contributed by atoms with Gasteiger partial charge in [-0.2, -0.15) is 0 Å². The van der Waals surface area contributed by atoms with Crippen LogP contribution in [0.2, 0.25) is 0 Å². The van der Waals surface area contributed by atoms with Gasteiger partial charge in [0.15, 0.2) is 0 Å². The lowest BCUT2D eigenvalue weighted by Crippen LogP contribution is -1.85. The number of alkyl halides is 1. The molecule has 1 aromatic rings. The highest BCUT2D eigenvalue weighted by molar-refractivity contribution is 9.09. The van der Waals surface area contributed by atoms with Gasteiger partial charge in [0.05, 0.1) is 0 Å². The zero-order valence-electron chi connectivity index (χ0n) is 7.10. The van der Waals surface area contributed by atoms with Crippen LogP contribution in [-0.2, 0) is 0 Å². The summed E-state index contributed by atoms with van der Waals surface area (Å²) in [5, 5.41) is 0. The Balaban J connectivity index is 2.90. The lowest BCUT2D eigenvalue weighted by molar-refractivity contribution is 0.581. The zero-order valence-corrected chi connectivity index (χ0v) is 8.68. The standard InChI is InChI=1S/C10H9BrF2/c1-7(11)2-3-8-4-5-9(12)6-10(8)13/h2-7H,1H3/b3-2+. The highest BCUT2D eigenvalue weighted by atomic mass is 79.9. The highest BCUT2D eigenvalue weighted by Crippen LogP contribution is 2.12. The van der Waals surface area contributed by atoms with Crippen molar-refractivity contribution in [2.45, 2.75) is 11.8 Å². The maximum atomic E-state index is 13.0. The molecule has 0 saturated carbocycles. The van der Waals surface area contributed by atoms with E-state index in [9.17, 15) is 8.78 Å². The van der Waals surface area contributed by atoms with Crippen molar-refractivity contribution in [2.75, 3.05) is 0 Å². The van der Waals surface area contributed by atoms with Crippen molar-refractivity contribution in [1.82, 2.24) is 0 Å². The van der Waals surface area contributed by atoms with Gasteiger partial charge in [0, 0.05) is 16.5 Å². The Bertz CT molecular complexity index is 319. The SMILES string of the molecule is CC(Br)/C=C/c1ccc(F)cc1F. The van der Waals surface area contributed by atoms with Gasteiger partial charge in [-0.15, -0.1) is 0 Å². The normalized spacial score (nSPS) is 13.5. The van der Waals surface area contributed by atoms with Crippen molar-refractivity contribution < 1.29 is 8.78 Å². The minimum absolute atomic E-state index is 0.178. The molecule has 13 heavy (non-hydrogen) atoms. The van der Waals surface area contributed by atoms with Crippen molar-refractivity contribution in [3.05, 3.63) is 41.5 Å². The molecular weight excluding hydrogens is 238 g/mol. The smallest absolute Gasteiger partial charge is 0.133 e. The van der Waals surface area contributed by atoms with Crippen LogP contribution < -0.4 is 0 Å². The van der Waals surface area contributed by atoms with Crippen LogP contribution in [0.15, 0.2) is 24.3 Å². The van der Waals surface area contributed by atoms with E-state index < -0.39 is 11.6 Å². The van der Waals surface area contributed by atoms with Crippen LogP contribution in [0.1, 0.15) is 12.5 Å². The van der Waals surface area contributed by atoms with E-state index in [2.05, 4.69) is 15.9 Å². The molecule has 0 bridgehead atoms. The third-order valence-corrected chi connectivity index (χ3v) is 1.81. The minimum atomic E-state index is -0.554. The Morgan fingerprint density at radius 2 is 2.08 bits per heavy atom. The van der Waals surface area contributed by atoms with Crippen LogP contribution in [0.4, 0.5) is 8.78 Å². The average molecular weight is 247 g/mol. The second-order valence-corrected chi connectivity index (χ2v) is 4.15. The summed E-state index contributed by atoms with van der Waals surface area (Å²) in [5.41, 5.74) is 0.396. The van der Waals surface area contributed by atoms with Crippen molar-refractivity contribution >= 4 is 22.0 Å². The number of halogens is 3. The van der Waals surface area contributed by atoms with E-state index in [1.54, 1.807) is 12.2 Å². The summed E-state index contributed by atoms with van der Waals surface area (Å²) < 4.78 is 25.5. The molecule has 0 amide bonds. The summed E-state index contributed by atoms with van der Waals surface area (Å²) in [7, 11) is 0.